The van der Waals surface area contributed by atoms with Gasteiger partial charge in [-0.3, -0.25) is 0 Å². The minimum atomic E-state index is -0.912. The van der Waals surface area contributed by atoms with E-state index in [1.807, 2.05) is 12.2 Å². The molecule has 1 rings (SSSR count). The minimum Gasteiger partial charge on any atom is -0.478 e. The van der Waals surface area contributed by atoms with E-state index in [0.717, 1.165) is 11.1 Å². The second kappa shape index (κ2) is 7.98. The molecule has 0 aromatic heterocycles. The van der Waals surface area contributed by atoms with Crippen LogP contribution in [0.15, 0.2) is 58.7 Å². The van der Waals surface area contributed by atoms with Crippen LogP contribution in [-0.2, 0) is 4.79 Å². The average Bonchev–Trinajstić information content (AvgIpc) is 2.36. The molecule has 0 fully saturated rings. The SMILES string of the molecule is CC1=C(\C=C/C(C)=C\C=C\C(C)=C/C(=O)O)C(C)(C)CCC1. The molecule has 0 amide bonds. The first-order chi connectivity index (χ1) is 10.2. The summed E-state index contributed by atoms with van der Waals surface area (Å²) >= 11 is 0. The summed E-state index contributed by atoms with van der Waals surface area (Å²) in [4.78, 5) is 10.5. The van der Waals surface area contributed by atoms with E-state index in [1.165, 1.54) is 36.5 Å². The van der Waals surface area contributed by atoms with E-state index in [2.05, 4.69) is 39.8 Å². The Kier molecular flexibility index (Phi) is 6.61. The number of carboxylic acids is 1. The summed E-state index contributed by atoms with van der Waals surface area (Å²) in [5, 5.41) is 8.65. The van der Waals surface area contributed by atoms with E-state index in [1.54, 1.807) is 13.0 Å². The van der Waals surface area contributed by atoms with Crippen molar-refractivity contribution >= 4 is 5.97 Å². The van der Waals surface area contributed by atoms with E-state index in [-0.39, 0.29) is 5.41 Å². The van der Waals surface area contributed by atoms with Crippen LogP contribution in [0, 0.1) is 5.41 Å². The lowest BCUT2D eigenvalue weighted by Gasteiger charge is -2.32. The van der Waals surface area contributed by atoms with Crippen LogP contribution in [0.2, 0.25) is 0 Å². The van der Waals surface area contributed by atoms with Crippen LogP contribution in [0.1, 0.15) is 53.9 Å². The Morgan fingerprint density at radius 1 is 1.18 bits per heavy atom. The molecule has 0 bridgehead atoms. The third-order valence-electron chi connectivity index (χ3n) is 4.12. The molecular weight excluding hydrogens is 272 g/mol. The van der Waals surface area contributed by atoms with Gasteiger partial charge < -0.3 is 5.11 Å². The first kappa shape index (κ1) is 18.2. The molecule has 0 radical (unpaired) electrons. The summed E-state index contributed by atoms with van der Waals surface area (Å²) in [5.41, 5.74) is 5.09. The highest BCUT2D eigenvalue weighted by Gasteiger charge is 2.26. The molecule has 0 atom stereocenters. The summed E-state index contributed by atoms with van der Waals surface area (Å²) in [6.45, 7) is 10.7. The Morgan fingerprint density at radius 3 is 2.45 bits per heavy atom. The Balaban J connectivity index is 2.79. The molecule has 2 nitrogen and oxygen atoms in total. The van der Waals surface area contributed by atoms with Gasteiger partial charge in [-0.05, 0) is 56.6 Å². The number of hydrogen-bond donors (Lipinski definition) is 1. The smallest absolute Gasteiger partial charge is 0.328 e. The number of hydrogen-bond acceptors (Lipinski definition) is 1. The zero-order valence-electron chi connectivity index (χ0n) is 14.4. The van der Waals surface area contributed by atoms with E-state index < -0.39 is 5.97 Å². The Hall–Kier alpha value is -1.83. The fourth-order valence-electron chi connectivity index (χ4n) is 2.88. The lowest BCUT2D eigenvalue weighted by molar-refractivity contribution is -0.131. The molecule has 0 saturated heterocycles. The Labute approximate surface area is 134 Å². The molecule has 0 aliphatic heterocycles. The molecular formula is C20H28O2. The lowest BCUT2D eigenvalue weighted by atomic mass is 9.72. The van der Waals surface area contributed by atoms with Gasteiger partial charge in [0, 0.05) is 6.08 Å². The van der Waals surface area contributed by atoms with E-state index in [0.29, 0.717) is 0 Å². The Morgan fingerprint density at radius 2 is 1.86 bits per heavy atom. The van der Waals surface area contributed by atoms with Gasteiger partial charge in [0.1, 0.15) is 0 Å². The molecule has 120 valence electrons. The predicted molar refractivity (Wildman–Crippen MR) is 93.8 cm³/mol. The highest BCUT2D eigenvalue weighted by molar-refractivity contribution is 5.81. The fourth-order valence-corrected chi connectivity index (χ4v) is 2.88. The van der Waals surface area contributed by atoms with Crippen molar-refractivity contribution in [2.45, 2.75) is 53.9 Å². The van der Waals surface area contributed by atoms with Crippen molar-refractivity contribution in [3.05, 3.63) is 58.7 Å². The number of rotatable bonds is 5. The van der Waals surface area contributed by atoms with E-state index in [9.17, 15) is 4.79 Å². The van der Waals surface area contributed by atoms with Crippen LogP contribution in [0.4, 0.5) is 0 Å². The third-order valence-corrected chi connectivity index (χ3v) is 4.12. The molecule has 2 heteroatoms. The van der Waals surface area contributed by atoms with Crippen molar-refractivity contribution in [1.29, 1.82) is 0 Å². The number of allylic oxidation sites excluding steroid dienone is 9. The average molecular weight is 300 g/mol. The monoisotopic (exact) mass is 300 g/mol. The summed E-state index contributed by atoms with van der Waals surface area (Å²) < 4.78 is 0. The molecule has 1 aliphatic rings. The molecule has 22 heavy (non-hydrogen) atoms. The highest BCUT2D eigenvalue weighted by atomic mass is 16.4. The van der Waals surface area contributed by atoms with Gasteiger partial charge in [0.05, 0.1) is 0 Å². The second-order valence-corrected chi connectivity index (χ2v) is 6.76. The van der Waals surface area contributed by atoms with Crippen LogP contribution < -0.4 is 0 Å². The van der Waals surface area contributed by atoms with Crippen molar-refractivity contribution in [2.75, 3.05) is 0 Å². The molecule has 0 aromatic rings. The van der Waals surface area contributed by atoms with Gasteiger partial charge in [0.2, 0.25) is 0 Å². The maximum atomic E-state index is 10.5. The van der Waals surface area contributed by atoms with Gasteiger partial charge in [-0.25, -0.2) is 4.79 Å². The largest absolute Gasteiger partial charge is 0.478 e. The van der Waals surface area contributed by atoms with Gasteiger partial charge in [-0.15, -0.1) is 0 Å². The molecule has 0 saturated carbocycles. The first-order valence-electron chi connectivity index (χ1n) is 7.87. The van der Waals surface area contributed by atoms with Crippen LogP contribution in [0.5, 0.6) is 0 Å². The van der Waals surface area contributed by atoms with Crippen molar-refractivity contribution in [2.24, 2.45) is 5.41 Å². The number of carbonyl (C=O) groups is 1. The summed E-state index contributed by atoms with van der Waals surface area (Å²) in [6.07, 6.45) is 15.0. The Bertz CT molecular complexity index is 567. The number of carboxylic acid groups (broad SMARTS) is 1. The second-order valence-electron chi connectivity index (χ2n) is 6.76. The lowest BCUT2D eigenvalue weighted by Crippen LogP contribution is -2.19. The van der Waals surface area contributed by atoms with Crippen LogP contribution in [0.25, 0.3) is 0 Å². The van der Waals surface area contributed by atoms with Crippen molar-refractivity contribution < 1.29 is 9.90 Å². The number of aliphatic carboxylic acids is 1. The van der Waals surface area contributed by atoms with Gasteiger partial charge in [0.15, 0.2) is 0 Å². The van der Waals surface area contributed by atoms with Crippen molar-refractivity contribution in [1.82, 2.24) is 0 Å². The van der Waals surface area contributed by atoms with Gasteiger partial charge in [-0.2, -0.15) is 0 Å². The normalized spacial score (nSPS) is 20.2. The summed E-state index contributed by atoms with van der Waals surface area (Å²) in [6, 6.07) is 0. The fraction of sp³-hybridized carbons (Fsp3) is 0.450. The summed E-state index contributed by atoms with van der Waals surface area (Å²) in [7, 11) is 0. The topological polar surface area (TPSA) is 37.3 Å². The van der Waals surface area contributed by atoms with E-state index >= 15 is 0 Å². The molecule has 1 N–H and O–H groups in total. The molecule has 1 aliphatic carbocycles. The van der Waals surface area contributed by atoms with Gasteiger partial charge >= 0.3 is 5.97 Å². The van der Waals surface area contributed by atoms with Gasteiger partial charge in [0.25, 0.3) is 0 Å². The van der Waals surface area contributed by atoms with Gasteiger partial charge in [-0.1, -0.05) is 55.4 Å². The quantitative estimate of drug-likeness (QED) is 0.530. The maximum absolute atomic E-state index is 10.5. The van der Waals surface area contributed by atoms with Crippen molar-refractivity contribution in [3.8, 4) is 0 Å². The molecule has 0 spiro atoms. The predicted octanol–water partition coefficient (Wildman–Crippen LogP) is 5.60. The third kappa shape index (κ3) is 5.88. The standard InChI is InChI=1S/C20H28O2/c1-15(8-6-9-16(2)14-19(21)22)11-12-18-17(3)10-7-13-20(18,4)5/h6,8-9,11-12,14H,7,10,13H2,1-5H3,(H,21,22)/b9-6+,12-11-,15-8-,16-14-. The van der Waals surface area contributed by atoms with Crippen LogP contribution in [0.3, 0.4) is 0 Å². The van der Waals surface area contributed by atoms with Crippen LogP contribution >= 0.6 is 0 Å². The van der Waals surface area contributed by atoms with Crippen molar-refractivity contribution in [3.63, 3.8) is 0 Å². The zero-order valence-corrected chi connectivity index (χ0v) is 14.4. The summed E-state index contributed by atoms with van der Waals surface area (Å²) in [5.74, 6) is -0.912. The first-order valence-corrected chi connectivity index (χ1v) is 7.87. The molecule has 0 heterocycles. The zero-order chi connectivity index (χ0) is 16.8. The molecule has 0 aromatic carbocycles. The van der Waals surface area contributed by atoms with E-state index in [4.69, 9.17) is 5.11 Å². The van der Waals surface area contributed by atoms with Crippen LogP contribution in [-0.4, -0.2) is 11.1 Å². The highest BCUT2D eigenvalue weighted by Crippen LogP contribution is 2.40. The minimum absolute atomic E-state index is 0.260. The molecule has 0 unspecified atom stereocenters. The maximum Gasteiger partial charge on any atom is 0.328 e.